The molecule has 3 nitrogen and oxygen atoms in total. The minimum Gasteiger partial charge on any atom is -0.357 e. The van der Waals surface area contributed by atoms with E-state index < -0.39 is 0 Å². The molecule has 0 atom stereocenters. The van der Waals surface area contributed by atoms with Gasteiger partial charge in [-0.1, -0.05) is 6.92 Å². The third-order valence-electron chi connectivity index (χ3n) is 2.15. The van der Waals surface area contributed by atoms with E-state index in [2.05, 4.69) is 22.2 Å². The Kier molecular flexibility index (Phi) is 3.33. The average Bonchev–Trinajstić information content (AvgIpc) is 2.84. The van der Waals surface area contributed by atoms with Crippen LogP contribution in [0.5, 0.6) is 0 Å². The van der Waals surface area contributed by atoms with Crippen LogP contribution in [0.15, 0.2) is 11.7 Å². The van der Waals surface area contributed by atoms with Gasteiger partial charge in [-0.05, 0) is 13.3 Å². The van der Waals surface area contributed by atoms with Crippen LogP contribution in [0.1, 0.15) is 22.4 Å². The number of aromatic nitrogens is 2. The molecule has 0 aromatic carbocycles. The zero-order valence-electron chi connectivity index (χ0n) is 8.78. The Bertz CT molecular complexity index is 433. The number of anilines is 1. The fourth-order valence-electron chi connectivity index (χ4n) is 1.20. The van der Waals surface area contributed by atoms with Crippen LogP contribution in [0.3, 0.4) is 0 Å². The van der Waals surface area contributed by atoms with Crippen LogP contribution in [-0.4, -0.2) is 9.97 Å². The van der Waals surface area contributed by atoms with Crippen molar-refractivity contribution >= 4 is 27.8 Å². The molecular weight excluding hydrogens is 226 g/mol. The number of thiazole rings is 2. The lowest BCUT2D eigenvalue weighted by atomic mass is 10.4. The van der Waals surface area contributed by atoms with E-state index in [1.54, 1.807) is 22.7 Å². The summed E-state index contributed by atoms with van der Waals surface area (Å²) in [4.78, 5) is 11.1. The number of nitrogens with zero attached hydrogens (tertiary/aromatic N) is 2. The van der Waals surface area contributed by atoms with E-state index in [-0.39, 0.29) is 0 Å². The monoisotopic (exact) mass is 239 g/mol. The highest BCUT2D eigenvalue weighted by Gasteiger charge is 2.03. The molecule has 0 aliphatic rings. The van der Waals surface area contributed by atoms with Crippen molar-refractivity contribution in [3.8, 4) is 0 Å². The van der Waals surface area contributed by atoms with Gasteiger partial charge in [0.05, 0.1) is 17.7 Å². The van der Waals surface area contributed by atoms with E-state index in [0.717, 1.165) is 23.8 Å². The Morgan fingerprint density at radius 3 is 2.87 bits per heavy atom. The standard InChI is InChI=1S/C10H13N3S2/c1-3-8-4-11-10(15-8)12-5-9-7(2)13-6-14-9/h4,6H,3,5H2,1-2H3,(H,11,12). The van der Waals surface area contributed by atoms with Gasteiger partial charge in [-0.25, -0.2) is 9.97 Å². The molecule has 0 spiro atoms. The molecule has 0 saturated carbocycles. The second kappa shape index (κ2) is 4.72. The molecule has 0 radical (unpaired) electrons. The van der Waals surface area contributed by atoms with Crippen molar-refractivity contribution < 1.29 is 0 Å². The molecule has 0 bridgehead atoms. The maximum atomic E-state index is 4.31. The molecule has 2 aromatic heterocycles. The Morgan fingerprint density at radius 2 is 2.27 bits per heavy atom. The smallest absolute Gasteiger partial charge is 0.183 e. The summed E-state index contributed by atoms with van der Waals surface area (Å²) in [7, 11) is 0. The first-order valence-electron chi connectivity index (χ1n) is 4.87. The molecule has 0 saturated heterocycles. The Hall–Kier alpha value is -0.940. The molecular formula is C10H13N3S2. The number of nitrogens with one attached hydrogen (secondary N) is 1. The van der Waals surface area contributed by atoms with E-state index in [1.165, 1.54) is 9.75 Å². The number of hydrogen-bond donors (Lipinski definition) is 1. The highest BCUT2D eigenvalue weighted by Crippen LogP contribution is 2.20. The van der Waals surface area contributed by atoms with Gasteiger partial charge >= 0.3 is 0 Å². The average molecular weight is 239 g/mol. The lowest BCUT2D eigenvalue weighted by Gasteiger charge is -1.99. The van der Waals surface area contributed by atoms with Crippen molar-refractivity contribution in [3.63, 3.8) is 0 Å². The zero-order valence-corrected chi connectivity index (χ0v) is 10.4. The molecule has 0 aliphatic carbocycles. The summed E-state index contributed by atoms with van der Waals surface area (Å²) in [6.07, 6.45) is 2.99. The van der Waals surface area contributed by atoms with Crippen LogP contribution in [0, 0.1) is 6.92 Å². The molecule has 0 amide bonds. The van der Waals surface area contributed by atoms with Gasteiger partial charge in [-0.2, -0.15) is 0 Å². The summed E-state index contributed by atoms with van der Waals surface area (Å²) < 4.78 is 0. The van der Waals surface area contributed by atoms with Crippen molar-refractivity contribution in [1.82, 2.24) is 9.97 Å². The van der Waals surface area contributed by atoms with Crippen molar-refractivity contribution in [2.24, 2.45) is 0 Å². The summed E-state index contributed by atoms with van der Waals surface area (Å²) in [5.41, 5.74) is 2.99. The summed E-state index contributed by atoms with van der Waals surface area (Å²) in [5.74, 6) is 0. The summed E-state index contributed by atoms with van der Waals surface area (Å²) in [5, 5.41) is 4.32. The highest BCUT2D eigenvalue weighted by atomic mass is 32.1. The Balaban J connectivity index is 1.96. The van der Waals surface area contributed by atoms with Crippen molar-refractivity contribution in [2.75, 3.05) is 5.32 Å². The molecule has 2 rings (SSSR count). The fraction of sp³-hybridized carbons (Fsp3) is 0.400. The third kappa shape index (κ3) is 2.54. The fourth-order valence-corrected chi connectivity index (χ4v) is 2.67. The highest BCUT2D eigenvalue weighted by molar-refractivity contribution is 7.15. The maximum Gasteiger partial charge on any atom is 0.183 e. The number of rotatable bonds is 4. The van der Waals surface area contributed by atoms with Crippen molar-refractivity contribution in [2.45, 2.75) is 26.8 Å². The van der Waals surface area contributed by atoms with Gasteiger partial charge in [0, 0.05) is 16.0 Å². The quantitative estimate of drug-likeness (QED) is 0.891. The molecule has 2 heterocycles. The van der Waals surface area contributed by atoms with E-state index in [4.69, 9.17) is 0 Å². The maximum absolute atomic E-state index is 4.31. The van der Waals surface area contributed by atoms with Crippen LogP contribution in [0.2, 0.25) is 0 Å². The van der Waals surface area contributed by atoms with Gasteiger partial charge in [0.2, 0.25) is 0 Å². The van der Waals surface area contributed by atoms with Crippen molar-refractivity contribution in [1.29, 1.82) is 0 Å². The molecule has 0 aliphatic heterocycles. The normalized spacial score (nSPS) is 10.5. The number of aryl methyl sites for hydroxylation is 2. The second-order valence-electron chi connectivity index (χ2n) is 3.20. The first-order chi connectivity index (χ1) is 7.29. The predicted molar refractivity (Wildman–Crippen MR) is 65.7 cm³/mol. The Labute approximate surface area is 97.2 Å². The van der Waals surface area contributed by atoms with E-state index in [1.807, 2.05) is 18.6 Å². The van der Waals surface area contributed by atoms with Gasteiger partial charge < -0.3 is 5.32 Å². The van der Waals surface area contributed by atoms with E-state index in [0.29, 0.717) is 0 Å². The lowest BCUT2D eigenvalue weighted by molar-refractivity contribution is 1.11. The van der Waals surface area contributed by atoms with Gasteiger partial charge in [0.1, 0.15) is 0 Å². The summed E-state index contributed by atoms with van der Waals surface area (Å²) >= 11 is 3.41. The van der Waals surface area contributed by atoms with E-state index in [9.17, 15) is 0 Å². The molecule has 1 N–H and O–H groups in total. The number of hydrogen-bond acceptors (Lipinski definition) is 5. The molecule has 0 unspecified atom stereocenters. The first kappa shape index (κ1) is 10.6. The van der Waals surface area contributed by atoms with Crippen molar-refractivity contribution in [3.05, 3.63) is 27.2 Å². The first-order valence-corrected chi connectivity index (χ1v) is 6.56. The van der Waals surface area contributed by atoms with E-state index >= 15 is 0 Å². The second-order valence-corrected chi connectivity index (χ2v) is 5.25. The van der Waals surface area contributed by atoms with Crippen LogP contribution < -0.4 is 5.32 Å². The predicted octanol–water partition coefficient (Wildman–Crippen LogP) is 3.08. The molecule has 15 heavy (non-hydrogen) atoms. The molecule has 2 aromatic rings. The summed E-state index contributed by atoms with van der Waals surface area (Å²) in [6, 6.07) is 0. The van der Waals surface area contributed by atoms with Gasteiger partial charge in [-0.3, -0.25) is 0 Å². The topological polar surface area (TPSA) is 37.8 Å². The minimum atomic E-state index is 0.827. The minimum absolute atomic E-state index is 0.827. The van der Waals surface area contributed by atoms with Crippen LogP contribution in [-0.2, 0) is 13.0 Å². The SMILES string of the molecule is CCc1cnc(NCc2scnc2C)s1. The van der Waals surface area contributed by atoms with Gasteiger partial charge in [0.25, 0.3) is 0 Å². The lowest BCUT2D eigenvalue weighted by Crippen LogP contribution is -1.97. The van der Waals surface area contributed by atoms with Crippen LogP contribution in [0.25, 0.3) is 0 Å². The van der Waals surface area contributed by atoms with Gasteiger partial charge in [-0.15, -0.1) is 22.7 Å². The molecule has 5 heteroatoms. The Morgan fingerprint density at radius 1 is 1.40 bits per heavy atom. The molecule has 0 fully saturated rings. The zero-order chi connectivity index (χ0) is 10.7. The van der Waals surface area contributed by atoms with Gasteiger partial charge in [0.15, 0.2) is 5.13 Å². The molecule has 80 valence electrons. The largest absolute Gasteiger partial charge is 0.357 e. The van der Waals surface area contributed by atoms with Crippen LogP contribution >= 0.6 is 22.7 Å². The van der Waals surface area contributed by atoms with Crippen LogP contribution in [0.4, 0.5) is 5.13 Å². The summed E-state index contributed by atoms with van der Waals surface area (Å²) in [6.45, 7) is 5.00. The third-order valence-corrected chi connectivity index (χ3v) is 4.18.